The summed E-state index contributed by atoms with van der Waals surface area (Å²) < 4.78 is 15.6. The molecule has 2 aromatic rings. The minimum absolute atomic E-state index is 0.141. The number of hydrogen-bond acceptors (Lipinski definition) is 6. The van der Waals surface area contributed by atoms with Crippen molar-refractivity contribution in [3.63, 3.8) is 0 Å². The molecule has 1 saturated heterocycles. The summed E-state index contributed by atoms with van der Waals surface area (Å²) in [6.07, 6.45) is 5.07. The van der Waals surface area contributed by atoms with Gasteiger partial charge in [0, 0.05) is 24.9 Å². The van der Waals surface area contributed by atoms with Crippen LogP contribution < -0.4 is 10.1 Å². The van der Waals surface area contributed by atoms with E-state index in [9.17, 15) is 4.79 Å². The van der Waals surface area contributed by atoms with Crippen molar-refractivity contribution in [1.29, 1.82) is 0 Å². The third kappa shape index (κ3) is 3.57. The molecule has 1 fully saturated rings. The molecule has 1 N–H and O–H groups in total. The van der Waals surface area contributed by atoms with Crippen molar-refractivity contribution in [1.82, 2.24) is 10.1 Å². The van der Waals surface area contributed by atoms with Crippen LogP contribution in [0.1, 0.15) is 23.2 Å². The minimum Gasteiger partial charge on any atom is -0.475 e. The van der Waals surface area contributed by atoms with E-state index in [1.165, 1.54) is 12.5 Å². The summed E-state index contributed by atoms with van der Waals surface area (Å²) in [6, 6.07) is 4.87. The normalized spacial score (nSPS) is 17.6. The highest BCUT2D eigenvalue weighted by Crippen LogP contribution is 2.15. The molecule has 3 heterocycles. The van der Waals surface area contributed by atoms with E-state index in [0.717, 1.165) is 19.4 Å². The molecule has 1 aliphatic heterocycles. The summed E-state index contributed by atoms with van der Waals surface area (Å²) in [5.74, 6) is 0.532. The van der Waals surface area contributed by atoms with Crippen LogP contribution in [0, 0.1) is 0 Å². The Bertz CT molecular complexity index is 577. The molecule has 0 aliphatic carbocycles. The number of ether oxygens (including phenoxy) is 2. The second kappa shape index (κ2) is 6.36. The van der Waals surface area contributed by atoms with Crippen molar-refractivity contribution >= 4 is 11.7 Å². The summed E-state index contributed by atoms with van der Waals surface area (Å²) in [7, 11) is 0. The fourth-order valence-electron chi connectivity index (χ4n) is 2.02. The van der Waals surface area contributed by atoms with Gasteiger partial charge in [0.15, 0.2) is 5.82 Å². The van der Waals surface area contributed by atoms with Gasteiger partial charge in [-0.15, -0.1) is 0 Å². The van der Waals surface area contributed by atoms with Crippen LogP contribution in [-0.4, -0.2) is 35.4 Å². The molecule has 110 valence electrons. The lowest BCUT2D eigenvalue weighted by molar-refractivity contribution is 0.0663. The van der Waals surface area contributed by atoms with Gasteiger partial charge < -0.3 is 19.3 Å². The van der Waals surface area contributed by atoms with Crippen molar-refractivity contribution in [3.05, 3.63) is 36.2 Å². The first-order valence-corrected chi connectivity index (χ1v) is 6.73. The summed E-state index contributed by atoms with van der Waals surface area (Å²) in [5, 5.41) is 6.20. The number of pyridine rings is 1. The first kappa shape index (κ1) is 13.6. The van der Waals surface area contributed by atoms with Crippen molar-refractivity contribution < 1.29 is 18.8 Å². The molecule has 7 nitrogen and oxygen atoms in total. The number of nitrogens with zero attached hydrogens (tertiary/aromatic N) is 2. The lowest BCUT2D eigenvalue weighted by atomic mass is 10.2. The minimum atomic E-state index is -0.304. The number of amides is 1. The Labute approximate surface area is 121 Å². The van der Waals surface area contributed by atoms with Crippen molar-refractivity contribution in [3.8, 4) is 5.88 Å². The lowest BCUT2D eigenvalue weighted by Crippen LogP contribution is -2.17. The average Bonchev–Trinajstić information content (AvgIpc) is 3.19. The molecule has 1 unspecified atom stereocenters. The zero-order valence-corrected chi connectivity index (χ0v) is 11.3. The molecule has 2 aromatic heterocycles. The van der Waals surface area contributed by atoms with E-state index < -0.39 is 0 Å². The quantitative estimate of drug-likeness (QED) is 0.904. The maximum atomic E-state index is 11.9. The van der Waals surface area contributed by atoms with Gasteiger partial charge in [0.2, 0.25) is 5.88 Å². The maximum absolute atomic E-state index is 11.9. The van der Waals surface area contributed by atoms with Crippen LogP contribution >= 0.6 is 0 Å². The number of rotatable bonds is 5. The average molecular weight is 289 g/mol. The fraction of sp³-hybridized carbons (Fsp3) is 0.357. The second-order valence-corrected chi connectivity index (χ2v) is 4.67. The van der Waals surface area contributed by atoms with E-state index in [2.05, 4.69) is 20.0 Å². The first-order valence-electron chi connectivity index (χ1n) is 6.73. The van der Waals surface area contributed by atoms with Gasteiger partial charge in [-0.1, -0.05) is 5.16 Å². The van der Waals surface area contributed by atoms with E-state index in [0.29, 0.717) is 23.9 Å². The van der Waals surface area contributed by atoms with Gasteiger partial charge in [-0.2, -0.15) is 0 Å². The van der Waals surface area contributed by atoms with E-state index in [1.54, 1.807) is 18.2 Å². The third-order valence-corrected chi connectivity index (χ3v) is 3.12. The molecule has 0 saturated carbocycles. The Hall–Kier alpha value is -2.41. The van der Waals surface area contributed by atoms with Crippen LogP contribution in [-0.2, 0) is 4.74 Å². The van der Waals surface area contributed by atoms with Gasteiger partial charge in [0.25, 0.3) is 5.91 Å². The Morgan fingerprint density at radius 3 is 3.05 bits per heavy atom. The van der Waals surface area contributed by atoms with E-state index in [-0.39, 0.29) is 12.0 Å². The number of hydrogen-bond donors (Lipinski definition) is 1. The summed E-state index contributed by atoms with van der Waals surface area (Å²) in [4.78, 5) is 16.0. The van der Waals surface area contributed by atoms with Gasteiger partial charge in [-0.3, -0.25) is 4.79 Å². The van der Waals surface area contributed by atoms with Crippen molar-refractivity contribution in [2.24, 2.45) is 0 Å². The largest absolute Gasteiger partial charge is 0.475 e. The molecule has 1 atom stereocenters. The van der Waals surface area contributed by atoms with Gasteiger partial charge >= 0.3 is 0 Å². The molecule has 3 rings (SSSR count). The van der Waals surface area contributed by atoms with E-state index in [4.69, 9.17) is 9.47 Å². The smallest absolute Gasteiger partial charge is 0.258 e. The van der Waals surface area contributed by atoms with Gasteiger partial charge in [0.1, 0.15) is 12.9 Å². The first-order chi connectivity index (χ1) is 10.3. The third-order valence-electron chi connectivity index (χ3n) is 3.12. The topological polar surface area (TPSA) is 86.5 Å². The second-order valence-electron chi connectivity index (χ2n) is 4.67. The number of nitrogens with one attached hydrogen (secondary N) is 1. The molecule has 1 amide bonds. The highest BCUT2D eigenvalue weighted by Gasteiger charge is 2.16. The Balaban J connectivity index is 1.54. The molecular weight excluding hydrogens is 274 g/mol. The summed E-state index contributed by atoms with van der Waals surface area (Å²) in [6.45, 7) is 1.28. The molecule has 1 aliphatic rings. The predicted octanol–water partition coefficient (Wildman–Crippen LogP) is 1.88. The molecule has 0 aromatic carbocycles. The van der Waals surface area contributed by atoms with Gasteiger partial charge in [-0.05, 0) is 18.9 Å². The Kier molecular flexibility index (Phi) is 4.11. The number of carbonyl (C=O) groups excluding carboxylic acids is 1. The molecule has 0 bridgehead atoms. The monoisotopic (exact) mass is 289 g/mol. The molecular formula is C14H15N3O4. The van der Waals surface area contributed by atoms with Crippen molar-refractivity contribution in [2.45, 2.75) is 18.9 Å². The van der Waals surface area contributed by atoms with Crippen LogP contribution in [0.3, 0.4) is 0 Å². The number of anilines is 1. The Morgan fingerprint density at radius 1 is 1.43 bits per heavy atom. The molecule has 7 heteroatoms. The van der Waals surface area contributed by atoms with Gasteiger partial charge in [0.05, 0.1) is 11.7 Å². The summed E-state index contributed by atoms with van der Waals surface area (Å²) in [5.41, 5.74) is 0.419. The fourth-order valence-corrected chi connectivity index (χ4v) is 2.02. The molecule has 0 spiro atoms. The SMILES string of the molecule is O=C(Nc1ccon1)c1ccc(OCC2CCCO2)nc1. The lowest BCUT2D eigenvalue weighted by Gasteiger charge is -2.10. The number of aromatic nitrogens is 2. The zero-order chi connectivity index (χ0) is 14.5. The highest BCUT2D eigenvalue weighted by molar-refractivity contribution is 6.03. The standard InChI is InChI=1S/C14H15N3O4/c18-14(16-12-5-7-21-17-12)10-3-4-13(15-8-10)20-9-11-2-1-6-19-11/h3-5,7-8,11H,1-2,6,9H2,(H,16,17,18). The molecule has 0 radical (unpaired) electrons. The number of carbonyl (C=O) groups is 1. The van der Waals surface area contributed by atoms with Crippen LogP contribution in [0.15, 0.2) is 35.2 Å². The highest BCUT2D eigenvalue weighted by atomic mass is 16.5. The molecule has 21 heavy (non-hydrogen) atoms. The van der Waals surface area contributed by atoms with Crippen LogP contribution in [0.2, 0.25) is 0 Å². The predicted molar refractivity (Wildman–Crippen MR) is 73.2 cm³/mol. The van der Waals surface area contributed by atoms with E-state index in [1.807, 2.05) is 0 Å². The Morgan fingerprint density at radius 2 is 2.38 bits per heavy atom. The van der Waals surface area contributed by atoms with Gasteiger partial charge in [-0.25, -0.2) is 4.98 Å². The van der Waals surface area contributed by atoms with Crippen LogP contribution in [0.5, 0.6) is 5.88 Å². The zero-order valence-electron chi connectivity index (χ0n) is 11.3. The maximum Gasteiger partial charge on any atom is 0.258 e. The van der Waals surface area contributed by atoms with Crippen LogP contribution in [0.25, 0.3) is 0 Å². The van der Waals surface area contributed by atoms with Crippen molar-refractivity contribution in [2.75, 3.05) is 18.5 Å². The summed E-state index contributed by atoms with van der Waals surface area (Å²) >= 11 is 0. The van der Waals surface area contributed by atoms with E-state index >= 15 is 0 Å². The van der Waals surface area contributed by atoms with Crippen LogP contribution in [0.4, 0.5) is 5.82 Å².